The number of urea groups is 1. The summed E-state index contributed by atoms with van der Waals surface area (Å²) < 4.78 is 32.8. The lowest BCUT2D eigenvalue weighted by atomic mass is 9.73. The molecule has 0 unspecified atom stereocenters. The van der Waals surface area contributed by atoms with E-state index >= 15 is 0 Å². The molecule has 2 aliphatic rings. The van der Waals surface area contributed by atoms with Crippen LogP contribution in [0.5, 0.6) is 5.75 Å². The number of aliphatic carboxylic acids is 1. The van der Waals surface area contributed by atoms with Gasteiger partial charge in [0.05, 0.1) is 5.69 Å². The van der Waals surface area contributed by atoms with Crippen molar-refractivity contribution in [2.45, 2.75) is 5.92 Å². The molecule has 0 bridgehead atoms. The third-order valence-electron chi connectivity index (χ3n) is 5.21. The first kappa shape index (κ1) is 17.3. The standard InChI is InChI=1S/C19H16F2N2O4/c20-11-5-6-14(21)15(7-11)22-18(26)23-8-13-12-3-1-2-4-16(12)27-10-19(13,9-23)17(24)25/h1-7,13H,8-10H2,(H,22,26)(H,24,25)/t13-,19-/m1/s1. The number of carboxylic acids is 1. The molecule has 2 heterocycles. The summed E-state index contributed by atoms with van der Waals surface area (Å²) in [6.07, 6.45) is 0. The number of amides is 2. The van der Waals surface area contributed by atoms with Crippen molar-refractivity contribution in [1.29, 1.82) is 0 Å². The van der Waals surface area contributed by atoms with Gasteiger partial charge < -0.3 is 20.1 Å². The predicted molar refractivity (Wildman–Crippen MR) is 91.7 cm³/mol. The number of carbonyl (C=O) groups is 2. The van der Waals surface area contributed by atoms with Gasteiger partial charge in [0.15, 0.2) is 0 Å². The Morgan fingerprint density at radius 2 is 2.00 bits per heavy atom. The van der Waals surface area contributed by atoms with Gasteiger partial charge in [-0.1, -0.05) is 18.2 Å². The highest BCUT2D eigenvalue weighted by Gasteiger charge is 2.57. The van der Waals surface area contributed by atoms with Crippen molar-refractivity contribution < 1.29 is 28.2 Å². The van der Waals surface area contributed by atoms with Crippen molar-refractivity contribution >= 4 is 17.7 Å². The molecule has 0 aliphatic carbocycles. The summed E-state index contributed by atoms with van der Waals surface area (Å²) in [6.45, 7) is -0.0261. The van der Waals surface area contributed by atoms with E-state index in [0.29, 0.717) is 5.75 Å². The minimum absolute atomic E-state index is 0.0673. The zero-order valence-corrected chi connectivity index (χ0v) is 14.1. The monoisotopic (exact) mass is 374 g/mol. The molecule has 1 fully saturated rings. The van der Waals surface area contributed by atoms with Gasteiger partial charge in [0.25, 0.3) is 0 Å². The summed E-state index contributed by atoms with van der Waals surface area (Å²) in [6, 6.07) is 9.16. The van der Waals surface area contributed by atoms with Crippen molar-refractivity contribution in [2.75, 3.05) is 25.0 Å². The molecule has 2 N–H and O–H groups in total. The maximum Gasteiger partial charge on any atom is 0.321 e. The molecule has 27 heavy (non-hydrogen) atoms. The summed E-state index contributed by atoms with van der Waals surface area (Å²) in [5, 5.41) is 12.2. The highest BCUT2D eigenvalue weighted by molar-refractivity contribution is 5.91. The van der Waals surface area contributed by atoms with E-state index in [9.17, 15) is 23.5 Å². The van der Waals surface area contributed by atoms with Crippen molar-refractivity contribution in [3.8, 4) is 5.75 Å². The zero-order valence-electron chi connectivity index (χ0n) is 14.1. The highest BCUT2D eigenvalue weighted by atomic mass is 19.1. The number of anilines is 1. The molecule has 2 atom stereocenters. The van der Waals surface area contributed by atoms with Crippen molar-refractivity contribution in [3.63, 3.8) is 0 Å². The Bertz CT molecular complexity index is 936. The fourth-order valence-electron chi connectivity index (χ4n) is 3.78. The lowest BCUT2D eigenvalue weighted by Crippen LogP contribution is -2.46. The Labute approximate surface area is 153 Å². The number of carboxylic acid groups (broad SMARTS) is 1. The molecule has 6 nitrogen and oxygen atoms in total. The van der Waals surface area contributed by atoms with E-state index in [2.05, 4.69) is 5.32 Å². The first-order valence-electron chi connectivity index (χ1n) is 8.37. The quantitative estimate of drug-likeness (QED) is 0.847. The molecule has 2 aliphatic heterocycles. The number of para-hydroxylation sites is 1. The Kier molecular flexibility index (Phi) is 3.98. The number of hydrogen-bond acceptors (Lipinski definition) is 3. The van der Waals surface area contributed by atoms with Crippen LogP contribution in [-0.4, -0.2) is 41.7 Å². The second kappa shape index (κ2) is 6.22. The van der Waals surface area contributed by atoms with Gasteiger partial charge >= 0.3 is 12.0 Å². The largest absolute Gasteiger partial charge is 0.492 e. The Morgan fingerprint density at radius 3 is 2.78 bits per heavy atom. The van der Waals surface area contributed by atoms with Gasteiger partial charge in [0, 0.05) is 30.6 Å². The second-order valence-electron chi connectivity index (χ2n) is 6.78. The molecular formula is C19H16F2N2O4. The number of benzene rings is 2. The molecule has 2 aromatic rings. The molecule has 2 aromatic carbocycles. The van der Waals surface area contributed by atoms with Crippen LogP contribution in [0.25, 0.3) is 0 Å². The average Bonchev–Trinajstić information content (AvgIpc) is 3.07. The van der Waals surface area contributed by atoms with Crippen molar-refractivity contribution in [2.24, 2.45) is 5.41 Å². The molecule has 8 heteroatoms. The number of likely N-dealkylation sites (tertiary alicyclic amines) is 1. The van der Waals surface area contributed by atoms with E-state index in [1.54, 1.807) is 24.3 Å². The number of ether oxygens (including phenoxy) is 1. The fourth-order valence-corrected chi connectivity index (χ4v) is 3.78. The van der Waals surface area contributed by atoms with Crippen LogP contribution in [0.2, 0.25) is 0 Å². The third-order valence-corrected chi connectivity index (χ3v) is 5.21. The van der Waals surface area contributed by atoms with Crippen LogP contribution in [0.3, 0.4) is 0 Å². The first-order valence-corrected chi connectivity index (χ1v) is 8.37. The van der Waals surface area contributed by atoms with Crippen LogP contribution in [0, 0.1) is 17.0 Å². The van der Waals surface area contributed by atoms with Gasteiger partial charge in [-0.3, -0.25) is 4.79 Å². The van der Waals surface area contributed by atoms with Crippen LogP contribution < -0.4 is 10.1 Å². The van der Waals surface area contributed by atoms with Crippen LogP contribution in [0.4, 0.5) is 19.3 Å². The number of hydrogen-bond donors (Lipinski definition) is 2. The average molecular weight is 374 g/mol. The van der Waals surface area contributed by atoms with Crippen molar-refractivity contribution in [3.05, 3.63) is 59.7 Å². The number of nitrogens with zero attached hydrogens (tertiary/aromatic N) is 1. The van der Waals surface area contributed by atoms with Gasteiger partial charge in [-0.15, -0.1) is 0 Å². The van der Waals surface area contributed by atoms with Crippen molar-refractivity contribution in [1.82, 2.24) is 4.90 Å². The van der Waals surface area contributed by atoms with E-state index < -0.39 is 35.0 Å². The van der Waals surface area contributed by atoms with Gasteiger partial charge in [0.1, 0.15) is 29.4 Å². The number of fused-ring (bicyclic) bond motifs is 3. The molecule has 140 valence electrons. The number of rotatable bonds is 2. The van der Waals surface area contributed by atoms with Gasteiger partial charge in [0.2, 0.25) is 0 Å². The van der Waals surface area contributed by atoms with E-state index in [-0.39, 0.29) is 25.4 Å². The van der Waals surface area contributed by atoms with E-state index in [0.717, 1.165) is 23.8 Å². The lowest BCUT2D eigenvalue weighted by Gasteiger charge is -2.35. The predicted octanol–water partition coefficient (Wildman–Crippen LogP) is 3.06. The Balaban J connectivity index is 1.62. The van der Waals surface area contributed by atoms with E-state index in [1.165, 1.54) is 4.90 Å². The molecule has 0 aromatic heterocycles. The van der Waals surface area contributed by atoms with Crippen LogP contribution >= 0.6 is 0 Å². The lowest BCUT2D eigenvalue weighted by molar-refractivity contribution is -0.151. The summed E-state index contributed by atoms with van der Waals surface area (Å²) in [5.74, 6) is -2.38. The molecule has 0 spiro atoms. The SMILES string of the molecule is O=C(Nc1cc(F)ccc1F)N1C[C@@H]2c3ccccc3OC[C@]2(C(=O)O)C1. The third kappa shape index (κ3) is 2.77. The highest BCUT2D eigenvalue weighted by Crippen LogP contribution is 2.49. The Hall–Kier alpha value is -3.16. The normalized spacial score (nSPS) is 23.2. The fraction of sp³-hybridized carbons (Fsp3) is 0.263. The molecule has 1 saturated heterocycles. The van der Waals surface area contributed by atoms with Crippen LogP contribution in [-0.2, 0) is 4.79 Å². The molecule has 0 radical (unpaired) electrons. The minimum Gasteiger partial charge on any atom is -0.492 e. The smallest absolute Gasteiger partial charge is 0.321 e. The summed E-state index contributed by atoms with van der Waals surface area (Å²) in [4.78, 5) is 25.9. The number of nitrogens with one attached hydrogen (secondary N) is 1. The van der Waals surface area contributed by atoms with Gasteiger partial charge in [-0.05, 0) is 18.2 Å². The minimum atomic E-state index is -1.29. The van der Waals surface area contributed by atoms with Gasteiger partial charge in [-0.25, -0.2) is 13.6 Å². The zero-order chi connectivity index (χ0) is 19.2. The number of halogens is 2. The first-order chi connectivity index (χ1) is 12.9. The van der Waals surface area contributed by atoms with Crippen LogP contribution in [0.1, 0.15) is 11.5 Å². The molecular weight excluding hydrogens is 358 g/mol. The van der Waals surface area contributed by atoms with E-state index in [4.69, 9.17) is 4.74 Å². The Morgan fingerprint density at radius 1 is 1.22 bits per heavy atom. The van der Waals surface area contributed by atoms with Gasteiger partial charge in [-0.2, -0.15) is 0 Å². The second-order valence-corrected chi connectivity index (χ2v) is 6.78. The summed E-state index contributed by atoms with van der Waals surface area (Å²) in [5.41, 5.74) is -0.860. The maximum absolute atomic E-state index is 13.8. The van der Waals surface area contributed by atoms with Crippen LogP contribution in [0.15, 0.2) is 42.5 Å². The van der Waals surface area contributed by atoms with E-state index in [1.807, 2.05) is 0 Å². The molecule has 4 rings (SSSR count). The topological polar surface area (TPSA) is 78.9 Å². The molecule has 0 saturated carbocycles. The number of carbonyl (C=O) groups excluding carboxylic acids is 1. The molecule has 2 amide bonds. The summed E-state index contributed by atoms with van der Waals surface area (Å²) in [7, 11) is 0. The maximum atomic E-state index is 13.8. The summed E-state index contributed by atoms with van der Waals surface area (Å²) >= 11 is 0.